The van der Waals surface area contributed by atoms with Gasteiger partial charge in [-0.1, -0.05) is 6.92 Å². The molecule has 2 rings (SSSR count). The number of Topliss-reactive ketones (excluding diaryl/α,β-unsaturated/α-hetero) is 1. The Labute approximate surface area is 132 Å². The van der Waals surface area contributed by atoms with Gasteiger partial charge in [0, 0.05) is 12.0 Å². The molecule has 1 heterocycles. The normalized spacial score (nSPS) is 17.7. The van der Waals surface area contributed by atoms with E-state index in [0.29, 0.717) is 13.2 Å². The topological polar surface area (TPSA) is 87.9 Å². The maximum atomic E-state index is 13.9. The number of hydrogen-bond donors (Lipinski definition) is 0. The molecular formula is C15H18FNO6. The van der Waals surface area contributed by atoms with Gasteiger partial charge in [-0.3, -0.25) is 14.9 Å². The molecule has 126 valence electrons. The smallest absolute Gasteiger partial charge is 0.311 e. The minimum atomic E-state index is -0.876. The zero-order valence-corrected chi connectivity index (χ0v) is 13.1. The number of benzene rings is 1. The van der Waals surface area contributed by atoms with E-state index in [4.69, 9.17) is 14.2 Å². The van der Waals surface area contributed by atoms with E-state index in [0.717, 1.165) is 19.1 Å². The van der Waals surface area contributed by atoms with Crippen molar-refractivity contribution in [2.75, 3.05) is 19.8 Å². The SMILES string of the molecule is CC(=O)c1c(F)ccc([N+](=O)[O-])c1OCC(C)C1(C)OCCO1. The molecule has 0 radical (unpaired) electrons. The van der Waals surface area contributed by atoms with Crippen LogP contribution in [0, 0.1) is 21.8 Å². The number of hydrogen-bond acceptors (Lipinski definition) is 6. The molecule has 0 spiro atoms. The second kappa shape index (κ2) is 6.59. The molecule has 0 aromatic heterocycles. The molecule has 1 saturated heterocycles. The molecule has 1 unspecified atom stereocenters. The average molecular weight is 327 g/mol. The van der Waals surface area contributed by atoms with Crippen LogP contribution in [0.25, 0.3) is 0 Å². The molecule has 1 aliphatic heterocycles. The van der Waals surface area contributed by atoms with Gasteiger partial charge in [0.05, 0.1) is 24.7 Å². The van der Waals surface area contributed by atoms with E-state index < -0.39 is 33.6 Å². The predicted molar refractivity (Wildman–Crippen MR) is 78.0 cm³/mol. The van der Waals surface area contributed by atoms with E-state index in [-0.39, 0.29) is 18.3 Å². The van der Waals surface area contributed by atoms with Gasteiger partial charge in [0.2, 0.25) is 5.75 Å². The van der Waals surface area contributed by atoms with E-state index in [9.17, 15) is 19.3 Å². The number of carbonyl (C=O) groups excluding carboxylic acids is 1. The third kappa shape index (κ3) is 3.48. The number of nitro benzene ring substituents is 1. The monoisotopic (exact) mass is 327 g/mol. The summed E-state index contributed by atoms with van der Waals surface area (Å²) in [5.41, 5.74) is -0.882. The molecule has 1 aliphatic rings. The third-order valence-electron chi connectivity index (χ3n) is 3.87. The van der Waals surface area contributed by atoms with Crippen molar-refractivity contribution < 1.29 is 28.3 Å². The van der Waals surface area contributed by atoms with Crippen LogP contribution in [0.4, 0.5) is 10.1 Å². The number of ketones is 1. The van der Waals surface area contributed by atoms with E-state index in [1.165, 1.54) is 0 Å². The zero-order valence-electron chi connectivity index (χ0n) is 13.1. The number of rotatable bonds is 6. The van der Waals surface area contributed by atoms with Gasteiger partial charge >= 0.3 is 5.69 Å². The second-order valence-electron chi connectivity index (χ2n) is 5.51. The Balaban J connectivity index is 2.29. The molecule has 8 heteroatoms. The minimum absolute atomic E-state index is 0.0267. The average Bonchev–Trinajstić information content (AvgIpc) is 2.92. The lowest BCUT2D eigenvalue weighted by Crippen LogP contribution is -2.37. The Morgan fingerprint density at radius 1 is 1.48 bits per heavy atom. The maximum Gasteiger partial charge on any atom is 0.311 e. The Kier molecular flexibility index (Phi) is 4.96. The number of halogens is 1. The fraction of sp³-hybridized carbons (Fsp3) is 0.533. The van der Waals surface area contributed by atoms with Crippen molar-refractivity contribution in [3.63, 3.8) is 0 Å². The van der Waals surface area contributed by atoms with E-state index in [1.807, 2.05) is 0 Å². The number of ether oxygens (including phenoxy) is 3. The van der Waals surface area contributed by atoms with Crippen molar-refractivity contribution in [1.82, 2.24) is 0 Å². The van der Waals surface area contributed by atoms with E-state index >= 15 is 0 Å². The van der Waals surface area contributed by atoms with Gasteiger partial charge in [0.15, 0.2) is 11.6 Å². The van der Waals surface area contributed by atoms with Crippen LogP contribution < -0.4 is 4.74 Å². The molecule has 1 fully saturated rings. The van der Waals surface area contributed by atoms with Crippen molar-refractivity contribution in [2.45, 2.75) is 26.6 Å². The largest absolute Gasteiger partial charge is 0.486 e. The number of nitrogens with zero attached hydrogens (tertiary/aromatic N) is 1. The summed E-state index contributed by atoms with van der Waals surface area (Å²) in [5.74, 6) is -3.03. The summed E-state index contributed by atoms with van der Waals surface area (Å²) in [7, 11) is 0. The maximum absolute atomic E-state index is 13.9. The molecule has 1 aromatic carbocycles. The molecule has 1 atom stereocenters. The first kappa shape index (κ1) is 17.3. The summed E-state index contributed by atoms with van der Waals surface area (Å²) >= 11 is 0. The molecule has 1 aromatic rings. The molecule has 0 bridgehead atoms. The van der Waals surface area contributed by atoms with Crippen molar-refractivity contribution >= 4 is 11.5 Å². The summed E-state index contributed by atoms with van der Waals surface area (Å²) < 4.78 is 30.3. The molecule has 23 heavy (non-hydrogen) atoms. The predicted octanol–water partition coefficient (Wildman–Crippen LogP) is 2.71. The summed E-state index contributed by atoms with van der Waals surface area (Å²) in [4.78, 5) is 22.0. The minimum Gasteiger partial charge on any atom is -0.486 e. The van der Waals surface area contributed by atoms with Crippen LogP contribution in [-0.4, -0.2) is 36.3 Å². The third-order valence-corrected chi connectivity index (χ3v) is 3.87. The molecule has 0 aliphatic carbocycles. The quantitative estimate of drug-likeness (QED) is 0.453. The zero-order chi connectivity index (χ0) is 17.2. The van der Waals surface area contributed by atoms with Crippen LogP contribution in [0.2, 0.25) is 0 Å². The standard InChI is InChI=1S/C15H18FNO6/c1-9(15(3)22-6-7-23-15)8-21-14-12(17(19)20)5-4-11(16)13(14)10(2)18/h4-5,9H,6-8H2,1-3H3. The first-order valence-corrected chi connectivity index (χ1v) is 7.15. The van der Waals surface area contributed by atoms with Gasteiger partial charge in [-0.05, 0) is 19.9 Å². The van der Waals surface area contributed by atoms with Crippen molar-refractivity contribution in [3.05, 3.63) is 33.6 Å². The van der Waals surface area contributed by atoms with Gasteiger partial charge in [-0.2, -0.15) is 0 Å². The molecule has 0 saturated carbocycles. The molecule has 0 N–H and O–H groups in total. The van der Waals surface area contributed by atoms with Crippen molar-refractivity contribution in [2.24, 2.45) is 5.92 Å². The van der Waals surface area contributed by atoms with Gasteiger partial charge in [-0.25, -0.2) is 4.39 Å². The molecule has 7 nitrogen and oxygen atoms in total. The highest BCUT2D eigenvalue weighted by molar-refractivity contribution is 5.98. The Morgan fingerprint density at radius 2 is 2.09 bits per heavy atom. The first-order chi connectivity index (χ1) is 10.8. The fourth-order valence-corrected chi connectivity index (χ4v) is 2.34. The van der Waals surface area contributed by atoms with Crippen LogP contribution in [0.3, 0.4) is 0 Å². The Morgan fingerprint density at radius 3 is 2.61 bits per heavy atom. The molecular weight excluding hydrogens is 309 g/mol. The van der Waals surface area contributed by atoms with Crippen molar-refractivity contribution in [1.29, 1.82) is 0 Å². The van der Waals surface area contributed by atoms with Crippen molar-refractivity contribution in [3.8, 4) is 5.75 Å². The van der Waals surface area contributed by atoms with Crippen LogP contribution in [-0.2, 0) is 9.47 Å². The number of carbonyl (C=O) groups is 1. The first-order valence-electron chi connectivity index (χ1n) is 7.15. The van der Waals surface area contributed by atoms with Crippen LogP contribution >= 0.6 is 0 Å². The summed E-state index contributed by atoms with van der Waals surface area (Å²) in [6.07, 6.45) is 0. The summed E-state index contributed by atoms with van der Waals surface area (Å²) in [6.45, 7) is 5.51. The van der Waals surface area contributed by atoms with Gasteiger partial charge < -0.3 is 14.2 Å². The van der Waals surface area contributed by atoms with E-state index in [2.05, 4.69) is 0 Å². The van der Waals surface area contributed by atoms with Crippen LogP contribution in [0.15, 0.2) is 12.1 Å². The van der Waals surface area contributed by atoms with E-state index in [1.54, 1.807) is 13.8 Å². The number of nitro groups is 1. The van der Waals surface area contributed by atoms with Gasteiger partial charge in [0.25, 0.3) is 0 Å². The Bertz CT molecular complexity index is 627. The highest BCUT2D eigenvalue weighted by atomic mass is 19.1. The lowest BCUT2D eigenvalue weighted by atomic mass is 10.0. The highest BCUT2D eigenvalue weighted by Crippen LogP contribution is 2.35. The summed E-state index contributed by atoms with van der Waals surface area (Å²) in [5, 5.41) is 11.1. The Hall–Kier alpha value is -2.06. The van der Waals surface area contributed by atoms with Crippen LogP contribution in [0.5, 0.6) is 5.75 Å². The fourth-order valence-electron chi connectivity index (χ4n) is 2.34. The lowest BCUT2D eigenvalue weighted by Gasteiger charge is -2.29. The second-order valence-corrected chi connectivity index (χ2v) is 5.51. The van der Waals surface area contributed by atoms with Crippen LogP contribution in [0.1, 0.15) is 31.1 Å². The summed E-state index contributed by atoms with van der Waals surface area (Å²) in [6, 6.07) is 1.86. The van der Waals surface area contributed by atoms with Gasteiger partial charge in [0.1, 0.15) is 11.4 Å². The lowest BCUT2D eigenvalue weighted by molar-refractivity contribution is -0.386. The van der Waals surface area contributed by atoms with Gasteiger partial charge in [-0.15, -0.1) is 0 Å². The molecule has 0 amide bonds. The highest BCUT2D eigenvalue weighted by Gasteiger charge is 2.38.